The van der Waals surface area contributed by atoms with Crippen LogP contribution in [0.1, 0.15) is 23.3 Å². The monoisotopic (exact) mass is 367 g/mol. The van der Waals surface area contributed by atoms with Crippen molar-refractivity contribution >= 4 is 17.4 Å². The molecule has 1 amide bonds. The van der Waals surface area contributed by atoms with Crippen LogP contribution in [0.15, 0.2) is 36.7 Å². The summed E-state index contributed by atoms with van der Waals surface area (Å²) < 4.78 is 5.23. The van der Waals surface area contributed by atoms with Gasteiger partial charge in [-0.1, -0.05) is 0 Å². The number of carbonyl (C=O) groups excluding carboxylic acids is 1. The molecule has 4 rings (SSSR count). The van der Waals surface area contributed by atoms with E-state index < -0.39 is 0 Å². The number of nitrogens with zero attached hydrogens (tertiary/aromatic N) is 5. The number of hydrogen-bond donors (Lipinski definition) is 0. The average molecular weight is 367 g/mol. The Morgan fingerprint density at radius 3 is 2.26 bits per heavy atom. The van der Waals surface area contributed by atoms with Crippen LogP contribution in [-0.4, -0.2) is 67.2 Å². The standard InChI is InChI=1S/C20H25N5O2/c1-27-17-6-4-16(5-7-17)23-10-12-24(13-11-23)19-14-18(21-15-22-19)20(26)25-8-2-3-9-25/h4-7,14-15H,2-3,8-13H2,1H3. The van der Waals surface area contributed by atoms with Gasteiger partial charge in [0.1, 0.15) is 23.6 Å². The molecule has 0 atom stereocenters. The molecule has 0 spiro atoms. The number of likely N-dealkylation sites (tertiary alicyclic amines) is 1. The Morgan fingerprint density at radius 1 is 0.926 bits per heavy atom. The lowest BCUT2D eigenvalue weighted by atomic mass is 10.2. The number of benzene rings is 1. The van der Waals surface area contributed by atoms with E-state index in [0.29, 0.717) is 5.69 Å². The van der Waals surface area contributed by atoms with Crippen LogP contribution >= 0.6 is 0 Å². The van der Waals surface area contributed by atoms with Crippen LogP contribution in [0.4, 0.5) is 11.5 Å². The molecule has 142 valence electrons. The van der Waals surface area contributed by atoms with Gasteiger partial charge in [-0.2, -0.15) is 0 Å². The van der Waals surface area contributed by atoms with E-state index in [-0.39, 0.29) is 5.91 Å². The predicted molar refractivity (Wildman–Crippen MR) is 105 cm³/mol. The second-order valence-corrected chi connectivity index (χ2v) is 6.93. The molecule has 3 heterocycles. The van der Waals surface area contributed by atoms with Crippen molar-refractivity contribution in [3.63, 3.8) is 0 Å². The summed E-state index contributed by atoms with van der Waals surface area (Å²) in [5, 5.41) is 0. The van der Waals surface area contributed by atoms with Crippen molar-refractivity contribution in [2.24, 2.45) is 0 Å². The summed E-state index contributed by atoms with van der Waals surface area (Å²) in [6, 6.07) is 9.99. The molecule has 2 fully saturated rings. The van der Waals surface area contributed by atoms with Gasteiger partial charge in [0.25, 0.3) is 5.91 Å². The smallest absolute Gasteiger partial charge is 0.272 e. The maximum absolute atomic E-state index is 12.6. The van der Waals surface area contributed by atoms with Gasteiger partial charge in [0.2, 0.25) is 0 Å². The van der Waals surface area contributed by atoms with Crippen LogP contribution in [0.5, 0.6) is 5.75 Å². The summed E-state index contributed by atoms with van der Waals surface area (Å²) >= 11 is 0. The van der Waals surface area contributed by atoms with Crippen molar-refractivity contribution in [3.8, 4) is 5.75 Å². The van der Waals surface area contributed by atoms with Gasteiger partial charge in [-0.3, -0.25) is 4.79 Å². The molecule has 1 aromatic heterocycles. The molecule has 0 N–H and O–H groups in total. The molecule has 2 aliphatic heterocycles. The number of anilines is 2. The minimum atomic E-state index is 0.0213. The van der Waals surface area contributed by atoms with Gasteiger partial charge < -0.3 is 19.4 Å². The lowest BCUT2D eigenvalue weighted by Gasteiger charge is -2.36. The van der Waals surface area contributed by atoms with Crippen LogP contribution in [0.3, 0.4) is 0 Å². The van der Waals surface area contributed by atoms with Crippen molar-refractivity contribution in [1.29, 1.82) is 0 Å². The van der Waals surface area contributed by atoms with Crippen LogP contribution in [0, 0.1) is 0 Å². The molecule has 2 aliphatic rings. The summed E-state index contributed by atoms with van der Waals surface area (Å²) in [7, 11) is 1.68. The third kappa shape index (κ3) is 3.82. The Balaban J connectivity index is 1.40. The van der Waals surface area contributed by atoms with Crippen molar-refractivity contribution in [2.75, 3.05) is 56.2 Å². The zero-order valence-corrected chi connectivity index (χ0v) is 15.7. The summed E-state index contributed by atoms with van der Waals surface area (Å²) in [5.74, 6) is 1.73. The number of ether oxygens (including phenoxy) is 1. The van der Waals surface area contributed by atoms with Gasteiger partial charge in [-0.25, -0.2) is 9.97 Å². The number of methoxy groups -OCH3 is 1. The molecule has 27 heavy (non-hydrogen) atoms. The topological polar surface area (TPSA) is 61.8 Å². The number of carbonyl (C=O) groups is 1. The number of rotatable bonds is 4. The van der Waals surface area contributed by atoms with Crippen molar-refractivity contribution < 1.29 is 9.53 Å². The number of amides is 1. The molecule has 0 aliphatic carbocycles. The Kier molecular flexibility index (Phi) is 5.09. The van der Waals surface area contributed by atoms with E-state index in [0.717, 1.165) is 63.7 Å². The maximum atomic E-state index is 12.6. The number of aromatic nitrogens is 2. The van der Waals surface area contributed by atoms with E-state index in [2.05, 4.69) is 31.9 Å². The molecule has 2 saturated heterocycles. The van der Waals surface area contributed by atoms with Gasteiger partial charge in [-0.05, 0) is 37.1 Å². The van der Waals surface area contributed by atoms with Crippen molar-refractivity contribution in [1.82, 2.24) is 14.9 Å². The highest BCUT2D eigenvalue weighted by molar-refractivity contribution is 5.93. The Labute approximate surface area is 159 Å². The Hall–Kier alpha value is -2.83. The molecule has 7 heteroatoms. The SMILES string of the molecule is COc1ccc(N2CCN(c3cc(C(=O)N4CCCC4)ncn3)CC2)cc1. The zero-order valence-electron chi connectivity index (χ0n) is 15.7. The Bertz CT molecular complexity index is 781. The second kappa shape index (κ2) is 7.82. The second-order valence-electron chi connectivity index (χ2n) is 6.93. The van der Waals surface area contributed by atoms with E-state index in [9.17, 15) is 4.79 Å². The normalized spacial score (nSPS) is 17.3. The van der Waals surface area contributed by atoms with Gasteiger partial charge >= 0.3 is 0 Å². The fraction of sp³-hybridized carbons (Fsp3) is 0.450. The first-order chi connectivity index (χ1) is 13.2. The van der Waals surface area contributed by atoms with E-state index >= 15 is 0 Å². The highest BCUT2D eigenvalue weighted by atomic mass is 16.5. The van der Waals surface area contributed by atoms with E-state index in [4.69, 9.17) is 4.74 Å². The number of hydrogen-bond acceptors (Lipinski definition) is 6. The minimum absolute atomic E-state index is 0.0213. The fourth-order valence-corrected chi connectivity index (χ4v) is 3.71. The van der Waals surface area contributed by atoms with Gasteiger partial charge in [0, 0.05) is 51.0 Å². The molecule has 0 unspecified atom stereocenters. The van der Waals surface area contributed by atoms with Crippen LogP contribution in [0.25, 0.3) is 0 Å². The fourth-order valence-electron chi connectivity index (χ4n) is 3.71. The minimum Gasteiger partial charge on any atom is -0.497 e. The quantitative estimate of drug-likeness (QED) is 0.824. The predicted octanol–water partition coefficient (Wildman–Crippen LogP) is 2.05. The van der Waals surface area contributed by atoms with Crippen molar-refractivity contribution in [2.45, 2.75) is 12.8 Å². The molecule has 1 aromatic carbocycles. The average Bonchev–Trinajstić information content (AvgIpc) is 3.28. The first-order valence-electron chi connectivity index (χ1n) is 9.50. The molecule has 0 bridgehead atoms. The van der Waals surface area contributed by atoms with Gasteiger partial charge in [0.15, 0.2) is 0 Å². The van der Waals surface area contributed by atoms with E-state index in [1.165, 1.54) is 12.0 Å². The lowest BCUT2D eigenvalue weighted by molar-refractivity contribution is 0.0787. The summed E-state index contributed by atoms with van der Waals surface area (Å²) in [6.45, 7) is 5.20. The summed E-state index contributed by atoms with van der Waals surface area (Å²) in [4.78, 5) is 27.6. The number of piperazine rings is 1. The largest absolute Gasteiger partial charge is 0.497 e. The third-order valence-electron chi connectivity index (χ3n) is 5.31. The van der Waals surface area contributed by atoms with E-state index in [1.807, 2.05) is 23.1 Å². The summed E-state index contributed by atoms with van der Waals surface area (Å²) in [6.07, 6.45) is 3.67. The first-order valence-corrected chi connectivity index (χ1v) is 9.50. The maximum Gasteiger partial charge on any atom is 0.272 e. The summed E-state index contributed by atoms with van der Waals surface area (Å²) in [5.41, 5.74) is 1.70. The van der Waals surface area contributed by atoms with E-state index in [1.54, 1.807) is 7.11 Å². The van der Waals surface area contributed by atoms with Crippen LogP contribution < -0.4 is 14.5 Å². The van der Waals surface area contributed by atoms with Crippen LogP contribution in [-0.2, 0) is 0 Å². The molecule has 7 nitrogen and oxygen atoms in total. The van der Waals surface area contributed by atoms with Gasteiger partial charge in [0.05, 0.1) is 7.11 Å². The highest BCUT2D eigenvalue weighted by Crippen LogP contribution is 2.22. The molecular formula is C20H25N5O2. The zero-order chi connectivity index (χ0) is 18.6. The van der Waals surface area contributed by atoms with Gasteiger partial charge in [-0.15, -0.1) is 0 Å². The lowest BCUT2D eigenvalue weighted by Crippen LogP contribution is -2.47. The molecule has 0 saturated carbocycles. The first kappa shape index (κ1) is 17.6. The molecule has 2 aromatic rings. The van der Waals surface area contributed by atoms with Crippen LogP contribution in [0.2, 0.25) is 0 Å². The third-order valence-corrected chi connectivity index (χ3v) is 5.31. The highest BCUT2D eigenvalue weighted by Gasteiger charge is 2.23. The molecular weight excluding hydrogens is 342 g/mol. The van der Waals surface area contributed by atoms with Crippen molar-refractivity contribution in [3.05, 3.63) is 42.4 Å². The molecule has 0 radical (unpaired) electrons. The Morgan fingerprint density at radius 2 is 1.59 bits per heavy atom.